The number of nitrogens with zero attached hydrogens (tertiary/aromatic N) is 1. The average Bonchev–Trinajstić information content (AvgIpc) is 2.88. The Bertz CT molecular complexity index is 1230. The van der Waals surface area contributed by atoms with Crippen LogP contribution < -0.4 is 0 Å². The topological polar surface area (TPSA) is 76.1 Å². The first kappa shape index (κ1) is 26.3. The first-order valence-corrected chi connectivity index (χ1v) is 12.7. The molecule has 0 aliphatic carbocycles. The fourth-order valence-corrected chi connectivity index (χ4v) is 4.72. The van der Waals surface area contributed by atoms with Gasteiger partial charge in [-0.3, -0.25) is 0 Å². The molecule has 1 aliphatic rings. The molecule has 194 valence electrons. The van der Waals surface area contributed by atoms with E-state index in [-0.39, 0.29) is 17.8 Å². The summed E-state index contributed by atoms with van der Waals surface area (Å²) < 4.78 is 10.6. The number of amides is 1. The molecule has 0 aromatic heterocycles. The van der Waals surface area contributed by atoms with Crippen molar-refractivity contribution in [2.24, 2.45) is 5.92 Å². The second-order valence-corrected chi connectivity index (χ2v) is 10.6. The van der Waals surface area contributed by atoms with Gasteiger partial charge in [-0.05, 0) is 92.0 Å². The lowest BCUT2D eigenvalue weighted by molar-refractivity contribution is 0.0184. The van der Waals surface area contributed by atoms with Crippen LogP contribution in [0.25, 0.3) is 22.3 Å². The molecule has 0 unspecified atom stereocenters. The molecule has 0 radical (unpaired) electrons. The number of methoxy groups -OCH3 is 1. The number of hydrogen-bond acceptors (Lipinski definition) is 5. The molecule has 1 N–H and O–H groups in total. The normalized spacial score (nSPS) is 14.3. The molecule has 4 rings (SSSR count). The largest absolute Gasteiger partial charge is 0.508 e. The van der Waals surface area contributed by atoms with Crippen molar-refractivity contribution in [1.82, 2.24) is 4.90 Å². The molecule has 6 heteroatoms. The monoisotopic (exact) mass is 501 g/mol. The van der Waals surface area contributed by atoms with Gasteiger partial charge in [-0.1, -0.05) is 48.5 Å². The molecule has 0 bridgehead atoms. The van der Waals surface area contributed by atoms with Crippen molar-refractivity contribution in [3.05, 3.63) is 77.9 Å². The van der Waals surface area contributed by atoms with Gasteiger partial charge in [-0.25, -0.2) is 9.59 Å². The van der Waals surface area contributed by atoms with Crippen LogP contribution in [0.4, 0.5) is 4.79 Å². The maximum absolute atomic E-state index is 12.5. The van der Waals surface area contributed by atoms with Crippen LogP contribution in [-0.4, -0.2) is 47.9 Å². The number of piperidine rings is 1. The molecule has 0 spiro atoms. The number of benzene rings is 3. The number of carbonyl (C=O) groups is 2. The third-order valence-corrected chi connectivity index (χ3v) is 6.70. The zero-order chi connectivity index (χ0) is 26.6. The Hall–Kier alpha value is -3.80. The molecular weight excluding hydrogens is 466 g/mol. The molecule has 0 atom stereocenters. The smallest absolute Gasteiger partial charge is 0.410 e. The summed E-state index contributed by atoms with van der Waals surface area (Å²) >= 11 is 0. The first-order valence-electron chi connectivity index (χ1n) is 12.7. The maximum atomic E-state index is 12.5. The van der Waals surface area contributed by atoms with Crippen molar-refractivity contribution in [1.29, 1.82) is 0 Å². The lowest BCUT2D eigenvalue weighted by Crippen LogP contribution is -2.42. The van der Waals surface area contributed by atoms with Crippen LogP contribution in [0, 0.1) is 5.92 Å². The van der Waals surface area contributed by atoms with E-state index in [2.05, 4.69) is 30.3 Å². The van der Waals surface area contributed by atoms with Gasteiger partial charge in [0.2, 0.25) is 0 Å². The second kappa shape index (κ2) is 11.1. The molecule has 1 aliphatic heterocycles. The van der Waals surface area contributed by atoms with Crippen molar-refractivity contribution >= 4 is 12.1 Å². The van der Waals surface area contributed by atoms with Crippen LogP contribution in [0.5, 0.6) is 5.75 Å². The highest BCUT2D eigenvalue weighted by Gasteiger charge is 2.28. The Kier molecular flexibility index (Phi) is 7.86. The van der Waals surface area contributed by atoms with Crippen LogP contribution in [0.15, 0.2) is 66.7 Å². The summed E-state index contributed by atoms with van der Waals surface area (Å²) in [6.07, 6.45) is 2.18. The van der Waals surface area contributed by atoms with Gasteiger partial charge in [0.05, 0.1) is 12.7 Å². The Morgan fingerprint density at radius 3 is 1.92 bits per heavy atom. The van der Waals surface area contributed by atoms with Crippen molar-refractivity contribution in [2.45, 2.75) is 45.6 Å². The SMILES string of the molecule is COC(=O)c1ccc(-c2ccc(-c3ccc(O)cc3)cc2)cc1CC1CCN(C(=O)OC(C)(C)C)CC1. The molecule has 1 amide bonds. The van der Waals surface area contributed by atoms with E-state index in [9.17, 15) is 14.7 Å². The number of carbonyl (C=O) groups excluding carboxylic acids is 2. The van der Waals surface area contributed by atoms with Gasteiger partial charge in [0.25, 0.3) is 0 Å². The van der Waals surface area contributed by atoms with E-state index in [0.29, 0.717) is 24.6 Å². The molecule has 3 aromatic carbocycles. The van der Waals surface area contributed by atoms with E-state index in [1.54, 1.807) is 17.0 Å². The molecule has 1 saturated heterocycles. The van der Waals surface area contributed by atoms with Gasteiger partial charge in [0.1, 0.15) is 11.4 Å². The summed E-state index contributed by atoms with van der Waals surface area (Å²) in [6, 6.07) is 21.3. The third kappa shape index (κ3) is 6.70. The molecule has 3 aromatic rings. The van der Waals surface area contributed by atoms with Crippen LogP contribution >= 0.6 is 0 Å². The summed E-state index contributed by atoms with van der Waals surface area (Å²) in [5.41, 5.74) is 5.22. The summed E-state index contributed by atoms with van der Waals surface area (Å²) in [5, 5.41) is 9.54. The van der Waals surface area contributed by atoms with Gasteiger partial charge in [-0.15, -0.1) is 0 Å². The zero-order valence-electron chi connectivity index (χ0n) is 22.0. The zero-order valence-corrected chi connectivity index (χ0v) is 22.0. The van der Waals surface area contributed by atoms with Crippen molar-refractivity contribution < 1.29 is 24.2 Å². The molecule has 6 nitrogen and oxygen atoms in total. The predicted molar refractivity (Wildman–Crippen MR) is 145 cm³/mol. The summed E-state index contributed by atoms with van der Waals surface area (Å²) in [4.78, 5) is 26.7. The minimum Gasteiger partial charge on any atom is -0.508 e. The van der Waals surface area contributed by atoms with E-state index < -0.39 is 5.60 Å². The Morgan fingerprint density at radius 2 is 1.38 bits per heavy atom. The molecule has 1 heterocycles. The molecule has 1 fully saturated rings. The maximum Gasteiger partial charge on any atom is 0.410 e. The number of ether oxygens (including phenoxy) is 2. The average molecular weight is 502 g/mol. The first-order chi connectivity index (χ1) is 17.6. The van der Waals surface area contributed by atoms with Crippen molar-refractivity contribution in [3.63, 3.8) is 0 Å². The van der Waals surface area contributed by atoms with Gasteiger partial charge < -0.3 is 19.5 Å². The lowest BCUT2D eigenvalue weighted by Gasteiger charge is -2.33. The van der Waals surface area contributed by atoms with Crippen LogP contribution in [0.2, 0.25) is 0 Å². The van der Waals surface area contributed by atoms with E-state index in [1.165, 1.54) is 7.11 Å². The van der Waals surface area contributed by atoms with Gasteiger partial charge in [0, 0.05) is 13.1 Å². The molecule has 0 saturated carbocycles. The summed E-state index contributed by atoms with van der Waals surface area (Å²) in [5.74, 6) is 0.263. The molecular formula is C31H35NO5. The van der Waals surface area contributed by atoms with Gasteiger partial charge >= 0.3 is 12.1 Å². The fraction of sp³-hybridized carbons (Fsp3) is 0.355. The lowest BCUT2D eigenvalue weighted by atomic mass is 9.87. The quantitative estimate of drug-likeness (QED) is 0.394. The number of phenolic OH excluding ortho intramolecular Hbond substituents is 1. The number of hydrogen-bond donors (Lipinski definition) is 1. The Labute approximate surface area is 218 Å². The minimum absolute atomic E-state index is 0.245. The summed E-state index contributed by atoms with van der Waals surface area (Å²) in [7, 11) is 1.40. The number of rotatable bonds is 5. The van der Waals surface area contributed by atoms with Crippen LogP contribution in [-0.2, 0) is 15.9 Å². The van der Waals surface area contributed by atoms with E-state index in [0.717, 1.165) is 47.1 Å². The van der Waals surface area contributed by atoms with E-state index in [4.69, 9.17) is 9.47 Å². The molecule has 37 heavy (non-hydrogen) atoms. The van der Waals surface area contributed by atoms with Gasteiger partial charge in [-0.2, -0.15) is 0 Å². The van der Waals surface area contributed by atoms with Crippen molar-refractivity contribution in [3.8, 4) is 28.0 Å². The van der Waals surface area contributed by atoms with Crippen LogP contribution in [0.1, 0.15) is 49.5 Å². The summed E-state index contributed by atoms with van der Waals surface area (Å²) in [6.45, 7) is 6.91. The fourth-order valence-electron chi connectivity index (χ4n) is 4.72. The highest BCUT2D eigenvalue weighted by Crippen LogP contribution is 2.30. The second-order valence-electron chi connectivity index (χ2n) is 10.6. The predicted octanol–water partition coefficient (Wildman–Crippen LogP) is 6.70. The van der Waals surface area contributed by atoms with E-state index in [1.807, 2.05) is 45.0 Å². The highest BCUT2D eigenvalue weighted by atomic mass is 16.6. The number of likely N-dealkylation sites (tertiary alicyclic amines) is 1. The number of aromatic hydroxyl groups is 1. The Balaban J connectivity index is 1.50. The standard InChI is InChI=1S/C31H35NO5/c1-31(2,3)37-30(35)32-17-15-21(16-18-32)19-26-20-25(11-14-28(26)29(34)36-4)24-7-5-22(6-8-24)23-9-12-27(33)13-10-23/h5-14,20-21,33H,15-19H2,1-4H3. The highest BCUT2D eigenvalue weighted by molar-refractivity contribution is 5.92. The van der Waals surface area contributed by atoms with Crippen molar-refractivity contribution in [2.75, 3.05) is 20.2 Å². The van der Waals surface area contributed by atoms with Crippen LogP contribution in [0.3, 0.4) is 0 Å². The number of phenols is 1. The van der Waals surface area contributed by atoms with E-state index >= 15 is 0 Å². The Morgan fingerprint density at radius 1 is 0.865 bits per heavy atom. The van der Waals surface area contributed by atoms with Gasteiger partial charge in [0.15, 0.2) is 0 Å². The third-order valence-electron chi connectivity index (χ3n) is 6.70. The minimum atomic E-state index is -0.508. The number of esters is 1.